The fraction of sp³-hybridized carbons (Fsp3) is 0.227. The van der Waals surface area contributed by atoms with E-state index in [2.05, 4.69) is 15.3 Å². The zero-order valence-corrected chi connectivity index (χ0v) is 17.5. The quantitative estimate of drug-likeness (QED) is 0.565. The number of methoxy groups -OCH3 is 3. The van der Waals surface area contributed by atoms with Crippen LogP contribution in [0.3, 0.4) is 0 Å². The topological polar surface area (TPSA) is 118 Å². The maximum atomic E-state index is 12.0. The Labute approximate surface area is 180 Å². The van der Waals surface area contributed by atoms with Gasteiger partial charge in [-0.15, -0.1) is 0 Å². The van der Waals surface area contributed by atoms with E-state index < -0.39 is 6.09 Å². The average Bonchev–Trinajstić information content (AvgIpc) is 2.79. The number of carbonyl (C=O) groups is 1. The molecule has 31 heavy (non-hydrogen) atoms. The summed E-state index contributed by atoms with van der Waals surface area (Å²) in [5.41, 5.74) is 8.50. The van der Waals surface area contributed by atoms with Crippen LogP contribution in [0.5, 0.6) is 17.2 Å². The van der Waals surface area contributed by atoms with E-state index in [4.69, 9.17) is 24.7 Å². The zero-order valence-electron chi connectivity index (χ0n) is 17.5. The molecule has 0 bridgehead atoms. The summed E-state index contributed by atoms with van der Waals surface area (Å²) in [4.78, 5) is 20.3. The summed E-state index contributed by atoms with van der Waals surface area (Å²) in [6, 6.07) is 13.0. The monoisotopic (exact) mass is 424 g/mol. The SMILES string of the molecule is COc1cc(Cc2cnc(NC(=O)OCc3ccccc3)nc2N)cc(OC)c1OC. The van der Waals surface area contributed by atoms with E-state index in [0.29, 0.717) is 29.2 Å². The number of nitrogens with zero attached hydrogens (tertiary/aromatic N) is 2. The number of rotatable bonds is 8. The van der Waals surface area contributed by atoms with Gasteiger partial charge in [0.2, 0.25) is 11.7 Å². The molecule has 0 saturated heterocycles. The van der Waals surface area contributed by atoms with Crippen molar-refractivity contribution < 1.29 is 23.7 Å². The van der Waals surface area contributed by atoms with Crippen LogP contribution in [0.15, 0.2) is 48.7 Å². The van der Waals surface area contributed by atoms with Crippen LogP contribution in [0.1, 0.15) is 16.7 Å². The molecule has 9 heteroatoms. The second-order valence-corrected chi connectivity index (χ2v) is 6.50. The van der Waals surface area contributed by atoms with Gasteiger partial charge in [-0.3, -0.25) is 5.32 Å². The number of amides is 1. The van der Waals surface area contributed by atoms with E-state index in [9.17, 15) is 4.79 Å². The smallest absolute Gasteiger partial charge is 0.414 e. The maximum Gasteiger partial charge on any atom is 0.414 e. The number of nitrogens with one attached hydrogen (secondary N) is 1. The number of aromatic nitrogens is 2. The average molecular weight is 424 g/mol. The van der Waals surface area contributed by atoms with Crippen LogP contribution in [0.2, 0.25) is 0 Å². The van der Waals surface area contributed by atoms with Crippen LogP contribution in [-0.4, -0.2) is 37.4 Å². The summed E-state index contributed by atoms with van der Waals surface area (Å²) in [5, 5.41) is 2.48. The predicted molar refractivity (Wildman–Crippen MR) is 116 cm³/mol. The second kappa shape index (κ2) is 10.1. The molecule has 0 saturated carbocycles. The van der Waals surface area contributed by atoms with Gasteiger partial charge in [-0.1, -0.05) is 30.3 Å². The van der Waals surface area contributed by atoms with Gasteiger partial charge in [0.15, 0.2) is 11.5 Å². The lowest BCUT2D eigenvalue weighted by molar-refractivity contribution is 0.155. The van der Waals surface area contributed by atoms with Crippen molar-refractivity contribution in [2.24, 2.45) is 0 Å². The van der Waals surface area contributed by atoms with E-state index in [1.54, 1.807) is 27.5 Å². The summed E-state index contributed by atoms with van der Waals surface area (Å²) in [6.45, 7) is 0.140. The highest BCUT2D eigenvalue weighted by Crippen LogP contribution is 2.38. The molecule has 0 radical (unpaired) electrons. The molecule has 0 aliphatic rings. The number of nitrogen functional groups attached to an aromatic ring is 1. The van der Waals surface area contributed by atoms with Crippen molar-refractivity contribution >= 4 is 17.9 Å². The van der Waals surface area contributed by atoms with Crippen molar-refractivity contribution in [3.05, 3.63) is 65.4 Å². The normalized spacial score (nSPS) is 10.3. The fourth-order valence-electron chi connectivity index (χ4n) is 2.92. The van der Waals surface area contributed by atoms with Crippen LogP contribution in [-0.2, 0) is 17.8 Å². The highest BCUT2D eigenvalue weighted by Gasteiger charge is 2.15. The van der Waals surface area contributed by atoms with Crippen LogP contribution in [0.25, 0.3) is 0 Å². The second-order valence-electron chi connectivity index (χ2n) is 6.50. The number of ether oxygens (including phenoxy) is 4. The Balaban J connectivity index is 1.67. The highest BCUT2D eigenvalue weighted by molar-refractivity contribution is 5.82. The van der Waals surface area contributed by atoms with Gasteiger partial charge in [0.25, 0.3) is 0 Å². The number of carbonyl (C=O) groups excluding carboxylic acids is 1. The van der Waals surface area contributed by atoms with Gasteiger partial charge in [0.05, 0.1) is 21.3 Å². The molecule has 2 aromatic carbocycles. The lowest BCUT2D eigenvalue weighted by Gasteiger charge is -2.14. The first-order valence-electron chi connectivity index (χ1n) is 9.42. The van der Waals surface area contributed by atoms with Gasteiger partial charge in [0, 0.05) is 18.2 Å². The Morgan fingerprint density at radius 3 is 2.26 bits per heavy atom. The minimum Gasteiger partial charge on any atom is -0.493 e. The van der Waals surface area contributed by atoms with Gasteiger partial charge in [-0.25, -0.2) is 9.78 Å². The Kier molecular flexibility index (Phi) is 7.10. The fourth-order valence-corrected chi connectivity index (χ4v) is 2.92. The van der Waals surface area contributed by atoms with Crippen molar-refractivity contribution in [2.75, 3.05) is 32.4 Å². The largest absolute Gasteiger partial charge is 0.493 e. The summed E-state index contributed by atoms with van der Waals surface area (Å²) in [6.07, 6.45) is 1.32. The third-order valence-electron chi connectivity index (χ3n) is 4.44. The molecular formula is C22H24N4O5. The molecule has 0 atom stereocenters. The molecule has 162 valence electrons. The Hall–Kier alpha value is -4.01. The van der Waals surface area contributed by atoms with Crippen LogP contribution >= 0.6 is 0 Å². The van der Waals surface area contributed by atoms with Gasteiger partial charge in [0.1, 0.15) is 12.4 Å². The number of hydrogen-bond acceptors (Lipinski definition) is 8. The lowest BCUT2D eigenvalue weighted by Crippen LogP contribution is -2.16. The van der Waals surface area contributed by atoms with Crippen LogP contribution < -0.4 is 25.3 Å². The molecule has 3 rings (SSSR count). The van der Waals surface area contributed by atoms with Crippen molar-refractivity contribution in [3.8, 4) is 17.2 Å². The molecule has 0 fully saturated rings. The van der Waals surface area contributed by atoms with E-state index in [-0.39, 0.29) is 18.4 Å². The Morgan fingerprint density at radius 2 is 1.68 bits per heavy atom. The number of nitrogens with two attached hydrogens (primary N) is 1. The van der Waals surface area contributed by atoms with E-state index in [0.717, 1.165) is 11.1 Å². The van der Waals surface area contributed by atoms with Gasteiger partial charge >= 0.3 is 6.09 Å². The molecule has 0 aliphatic heterocycles. The zero-order chi connectivity index (χ0) is 22.2. The minimum absolute atomic E-state index is 0.0594. The van der Waals surface area contributed by atoms with Crippen LogP contribution in [0, 0.1) is 0 Å². The first-order valence-corrected chi connectivity index (χ1v) is 9.42. The molecule has 0 aliphatic carbocycles. The minimum atomic E-state index is -0.666. The third-order valence-corrected chi connectivity index (χ3v) is 4.44. The van der Waals surface area contributed by atoms with E-state index in [1.807, 2.05) is 42.5 Å². The van der Waals surface area contributed by atoms with Crippen molar-refractivity contribution in [1.29, 1.82) is 0 Å². The van der Waals surface area contributed by atoms with Crippen molar-refractivity contribution in [2.45, 2.75) is 13.0 Å². The molecule has 0 unspecified atom stereocenters. The molecule has 1 amide bonds. The third kappa shape index (κ3) is 5.53. The standard InChI is InChI=1S/C22H24N4O5/c1-28-17-10-15(11-18(29-2)19(17)30-3)9-16-12-24-21(25-20(16)23)26-22(27)31-13-14-7-5-4-6-8-14/h4-8,10-12H,9,13H2,1-3H3,(H3,23,24,25,26,27). The van der Waals surface area contributed by atoms with Crippen molar-refractivity contribution in [3.63, 3.8) is 0 Å². The molecular weight excluding hydrogens is 400 g/mol. The maximum absolute atomic E-state index is 12.0. The van der Waals surface area contributed by atoms with Crippen LogP contribution in [0.4, 0.5) is 16.6 Å². The molecule has 3 N–H and O–H groups in total. The number of benzene rings is 2. The van der Waals surface area contributed by atoms with Gasteiger partial charge < -0.3 is 24.7 Å². The first kappa shape index (κ1) is 21.7. The van der Waals surface area contributed by atoms with Gasteiger partial charge in [-0.2, -0.15) is 4.98 Å². The van der Waals surface area contributed by atoms with E-state index in [1.165, 1.54) is 0 Å². The van der Waals surface area contributed by atoms with E-state index >= 15 is 0 Å². The summed E-state index contributed by atoms with van der Waals surface area (Å²) in [7, 11) is 4.65. The van der Waals surface area contributed by atoms with Crippen molar-refractivity contribution in [1.82, 2.24) is 9.97 Å². The number of hydrogen-bond donors (Lipinski definition) is 2. The Morgan fingerprint density at radius 1 is 1.00 bits per heavy atom. The lowest BCUT2D eigenvalue weighted by atomic mass is 10.1. The first-order chi connectivity index (χ1) is 15.0. The predicted octanol–water partition coefficient (Wildman–Crippen LogP) is 3.42. The summed E-state index contributed by atoms with van der Waals surface area (Å²) >= 11 is 0. The summed E-state index contributed by atoms with van der Waals surface area (Å²) in [5.74, 6) is 1.88. The number of anilines is 2. The molecule has 9 nitrogen and oxygen atoms in total. The highest BCUT2D eigenvalue weighted by atomic mass is 16.5. The van der Waals surface area contributed by atoms with Gasteiger partial charge in [-0.05, 0) is 23.3 Å². The Bertz CT molecular complexity index is 1020. The summed E-state index contributed by atoms with van der Waals surface area (Å²) < 4.78 is 21.2. The molecule has 1 heterocycles. The molecule has 0 spiro atoms. The molecule has 1 aromatic heterocycles. The molecule has 3 aromatic rings.